The van der Waals surface area contributed by atoms with Gasteiger partial charge in [0.2, 0.25) is 0 Å². The largest absolute Gasteiger partial charge is 0.481 e. The number of rotatable bonds is 3. The summed E-state index contributed by atoms with van der Waals surface area (Å²) in [7, 11) is 0. The summed E-state index contributed by atoms with van der Waals surface area (Å²) in [5.74, 6) is -1.57. The molecule has 0 aliphatic heterocycles. The summed E-state index contributed by atoms with van der Waals surface area (Å²) < 4.78 is 0. The average Bonchev–Trinajstić information content (AvgIpc) is 2.62. The van der Waals surface area contributed by atoms with E-state index in [-0.39, 0.29) is 11.7 Å². The Morgan fingerprint density at radius 1 is 1.31 bits per heavy atom. The zero-order valence-electron chi connectivity index (χ0n) is 8.93. The number of ketones is 1. The van der Waals surface area contributed by atoms with Crippen LogP contribution in [0.15, 0.2) is 30.3 Å². The Hall–Kier alpha value is -1.64. The Bertz CT molecular complexity index is 397. The molecule has 0 bridgehead atoms. The third-order valence-corrected chi connectivity index (χ3v) is 3.22. The normalized spacial score (nSPS) is 24.6. The number of carbonyl (C=O) groups is 2. The standard InChI is InChI=1S/C13H14O3/c14-12-7-6-10(13(15)16)11(12)8-9-4-2-1-3-5-9/h1-5,10-11H,6-8H2,(H,15,16)/t10-,11?/m0/s1. The molecular formula is C13H14O3. The fourth-order valence-corrected chi connectivity index (χ4v) is 2.33. The lowest BCUT2D eigenvalue weighted by Gasteiger charge is -2.14. The molecule has 1 saturated carbocycles. The first-order valence-corrected chi connectivity index (χ1v) is 5.48. The topological polar surface area (TPSA) is 54.4 Å². The molecule has 0 spiro atoms. The van der Waals surface area contributed by atoms with Crippen LogP contribution in [0.1, 0.15) is 18.4 Å². The monoisotopic (exact) mass is 218 g/mol. The van der Waals surface area contributed by atoms with Crippen LogP contribution in [0.3, 0.4) is 0 Å². The summed E-state index contributed by atoms with van der Waals surface area (Å²) in [6, 6.07) is 9.60. The summed E-state index contributed by atoms with van der Waals surface area (Å²) >= 11 is 0. The van der Waals surface area contributed by atoms with E-state index in [1.807, 2.05) is 30.3 Å². The van der Waals surface area contributed by atoms with Crippen molar-refractivity contribution in [2.24, 2.45) is 11.8 Å². The second-order valence-electron chi connectivity index (χ2n) is 4.25. The third kappa shape index (κ3) is 2.13. The van der Waals surface area contributed by atoms with Crippen molar-refractivity contribution in [2.45, 2.75) is 19.3 Å². The van der Waals surface area contributed by atoms with Crippen molar-refractivity contribution < 1.29 is 14.7 Å². The number of aliphatic carboxylic acids is 1. The van der Waals surface area contributed by atoms with Crippen molar-refractivity contribution in [2.75, 3.05) is 0 Å². The van der Waals surface area contributed by atoms with Gasteiger partial charge in [0.05, 0.1) is 5.92 Å². The Balaban J connectivity index is 2.13. The maximum Gasteiger partial charge on any atom is 0.307 e. The van der Waals surface area contributed by atoms with E-state index in [2.05, 4.69) is 0 Å². The van der Waals surface area contributed by atoms with Gasteiger partial charge in [-0.3, -0.25) is 9.59 Å². The van der Waals surface area contributed by atoms with Gasteiger partial charge >= 0.3 is 5.97 Å². The van der Waals surface area contributed by atoms with Crippen molar-refractivity contribution >= 4 is 11.8 Å². The molecule has 84 valence electrons. The fourth-order valence-electron chi connectivity index (χ4n) is 2.33. The molecule has 3 heteroatoms. The lowest BCUT2D eigenvalue weighted by atomic mass is 9.89. The second kappa shape index (κ2) is 4.47. The van der Waals surface area contributed by atoms with Crippen molar-refractivity contribution in [3.05, 3.63) is 35.9 Å². The lowest BCUT2D eigenvalue weighted by molar-refractivity contribution is -0.144. The van der Waals surface area contributed by atoms with E-state index in [1.165, 1.54) is 0 Å². The minimum absolute atomic E-state index is 0.0938. The highest BCUT2D eigenvalue weighted by Gasteiger charge is 2.38. The summed E-state index contributed by atoms with van der Waals surface area (Å²) in [5.41, 5.74) is 1.04. The highest BCUT2D eigenvalue weighted by Crippen LogP contribution is 2.31. The van der Waals surface area contributed by atoms with Crippen LogP contribution in [-0.2, 0) is 16.0 Å². The molecule has 1 aliphatic carbocycles. The predicted molar refractivity (Wildman–Crippen MR) is 59.0 cm³/mol. The van der Waals surface area contributed by atoms with Crippen molar-refractivity contribution in [3.63, 3.8) is 0 Å². The van der Waals surface area contributed by atoms with Crippen LogP contribution in [0.4, 0.5) is 0 Å². The lowest BCUT2D eigenvalue weighted by Crippen LogP contribution is -2.24. The minimum Gasteiger partial charge on any atom is -0.481 e. The number of hydrogen-bond donors (Lipinski definition) is 1. The molecule has 1 N–H and O–H groups in total. The fraction of sp³-hybridized carbons (Fsp3) is 0.385. The van der Waals surface area contributed by atoms with Crippen LogP contribution in [-0.4, -0.2) is 16.9 Å². The summed E-state index contributed by atoms with van der Waals surface area (Å²) in [5, 5.41) is 9.03. The van der Waals surface area contributed by atoms with Gasteiger partial charge in [0.1, 0.15) is 5.78 Å². The van der Waals surface area contributed by atoms with Gasteiger partial charge in [0.15, 0.2) is 0 Å². The molecule has 2 rings (SSSR count). The molecule has 1 aliphatic rings. The Morgan fingerprint density at radius 3 is 2.62 bits per heavy atom. The zero-order chi connectivity index (χ0) is 11.5. The average molecular weight is 218 g/mol. The molecule has 1 unspecified atom stereocenters. The van der Waals surface area contributed by atoms with Gasteiger partial charge in [-0.05, 0) is 18.4 Å². The van der Waals surface area contributed by atoms with Crippen LogP contribution in [0.5, 0.6) is 0 Å². The van der Waals surface area contributed by atoms with Gasteiger partial charge in [0.25, 0.3) is 0 Å². The first-order chi connectivity index (χ1) is 7.68. The van der Waals surface area contributed by atoms with E-state index < -0.39 is 11.9 Å². The number of hydrogen-bond acceptors (Lipinski definition) is 2. The molecule has 0 aromatic heterocycles. The molecule has 3 nitrogen and oxygen atoms in total. The third-order valence-electron chi connectivity index (χ3n) is 3.22. The highest BCUT2D eigenvalue weighted by molar-refractivity contribution is 5.89. The SMILES string of the molecule is O=C1CC[C@H](C(=O)O)C1Cc1ccccc1. The van der Waals surface area contributed by atoms with Crippen LogP contribution >= 0.6 is 0 Å². The number of carboxylic acids is 1. The van der Waals surface area contributed by atoms with E-state index in [0.717, 1.165) is 5.56 Å². The molecule has 2 atom stereocenters. The van der Waals surface area contributed by atoms with E-state index in [0.29, 0.717) is 19.3 Å². The Labute approximate surface area is 94.1 Å². The van der Waals surface area contributed by atoms with Gasteiger partial charge in [-0.1, -0.05) is 30.3 Å². The van der Waals surface area contributed by atoms with Crippen molar-refractivity contribution in [1.29, 1.82) is 0 Å². The summed E-state index contributed by atoms with van der Waals surface area (Å²) in [6.45, 7) is 0. The summed E-state index contributed by atoms with van der Waals surface area (Å²) in [4.78, 5) is 22.6. The van der Waals surface area contributed by atoms with Crippen LogP contribution in [0.2, 0.25) is 0 Å². The second-order valence-corrected chi connectivity index (χ2v) is 4.25. The zero-order valence-corrected chi connectivity index (χ0v) is 8.93. The van der Waals surface area contributed by atoms with Crippen LogP contribution in [0.25, 0.3) is 0 Å². The Morgan fingerprint density at radius 2 is 2.00 bits per heavy atom. The van der Waals surface area contributed by atoms with Gasteiger partial charge in [-0.25, -0.2) is 0 Å². The smallest absolute Gasteiger partial charge is 0.307 e. The molecule has 0 heterocycles. The summed E-state index contributed by atoms with van der Waals surface area (Å²) in [6.07, 6.45) is 1.46. The van der Waals surface area contributed by atoms with E-state index in [4.69, 9.17) is 5.11 Å². The van der Waals surface area contributed by atoms with Gasteiger partial charge < -0.3 is 5.11 Å². The maximum atomic E-state index is 11.6. The first-order valence-electron chi connectivity index (χ1n) is 5.48. The van der Waals surface area contributed by atoms with Crippen molar-refractivity contribution in [1.82, 2.24) is 0 Å². The first kappa shape index (κ1) is 10.9. The van der Waals surface area contributed by atoms with E-state index in [9.17, 15) is 9.59 Å². The molecule has 16 heavy (non-hydrogen) atoms. The van der Waals surface area contributed by atoms with E-state index >= 15 is 0 Å². The van der Waals surface area contributed by atoms with Gasteiger partial charge in [0, 0.05) is 12.3 Å². The molecule has 0 radical (unpaired) electrons. The molecule has 1 aromatic rings. The molecule has 1 fully saturated rings. The number of carbonyl (C=O) groups excluding carboxylic acids is 1. The number of benzene rings is 1. The predicted octanol–water partition coefficient (Wildman–Crippen LogP) is 1.91. The van der Waals surface area contributed by atoms with E-state index in [1.54, 1.807) is 0 Å². The number of Topliss-reactive ketones (excluding diaryl/α,β-unsaturated/α-hetero) is 1. The molecule has 1 aromatic carbocycles. The molecular weight excluding hydrogens is 204 g/mol. The van der Waals surface area contributed by atoms with Gasteiger partial charge in [-0.2, -0.15) is 0 Å². The van der Waals surface area contributed by atoms with Crippen LogP contribution < -0.4 is 0 Å². The van der Waals surface area contributed by atoms with Crippen LogP contribution in [0, 0.1) is 11.8 Å². The minimum atomic E-state index is -0.841. The maximum absolute atomic E-state index is 11.6. The quantitative estimate of drug-likeness (QED) is 0.843. The highest BCUT2D eigenvalue weighted by atomic mass is 16.4. The van der Waals surface area contributed by atoms with Crippen molar-refractivity contribution in [3.8, 4) is 0 Å². The molecule has 0 amide bonds. The Kier molecular flexibility index (Phi) is 3.04. The molecule has 0 saturated heterocycles. The number of carboxylic acid groups (broad SMARTS) is 1. The van der Waals surface area contributed by atoms with Gasteiger partial charge in [-0.15, -0.1) is 0 Å².